The highest BCUT2D eigenvalue weighted by atomic mass is 15.0. The number of pyridine rings is 1. The second kappa shape index (κ2) is 4.23. The third-order valence-corrected chi connectivity index (χ3v) is 2.58. The third kappa shape index (κ3) is 1.72. The number of aryl methyl sites for hydroxylation is 1. The molecule has 3 N–H and O–H groups in total. The van der Waals surface area contributed by atoms with Gasteiger partial charge in [-0.1, -0.05) is 12.1 Å². The summed E-state index contributed by atoms with van der Waals surface area (Å²) in [6.07, 6.45) is 3.58. The monoisotopic (exact) mass is 213 g/mol. The summed E-state index contributed by atoms with van der Waals surface area (Å²) in [7, 11) is 0. The zero-order chi connectivity index (χ0) is 11.5. The summed E-state index contributed by atoms with van der Waals surface area (Å²) in [6, 6.07) is 5.88. The third-order valence-electron chi connectivity index (χ3n) is 2.58. The minimum atomic E-state index is 0.695. The Morgan fingerprint density at radius 1 is 1.44 bits per heavy atom. The second-order valence-corrected chi connectivity index (χ2v) is 3.72. The molecule has 2 rings (SSSR count). The van der Waals surface area contributed by atoms with Crippen LogP contribution >= 0.6 is 0 Å². The van der Waals surface area contributed by atoms with Crippen molar-refractivity contribution in [1.82, 2.24) is 4.98 Å². The molecule has 1 heterocycles. The lowest BCUT2D eigenvalue weighted by Gasteiger charge is -2.10. The van der Waals surface area contributed by atoms with Crippen LogP contribution in [0, 0.1) is 6.92 Å². The van der Waals surface area contributed by atoms with E-state index in [1.807, 2.05) is 24.3 Å². The first-order valence-corrected chi connectivity index (χ1v) is 5.22. The molecular formula is C13H15N3. The Kier molecular flexibility index (Phi) is 2.77. The number of aromatic nitrogens is 1. The Labute approximate surface area is 95.0 Å². The van der Waals surface area contributed by atoms with Gasteiger partial charge in [0.15, 0.2) is 0 Å². The standard InChI is InChI=1S/C13H15N3/c1-3-7-15-13-12-9(2)4-5-11(14)10(12)6-8-16-13/h3-6,8H,1,7,14H2,2H3,(H,15,16). The molecule has 0 bridgehead atoms. The number of hydrogen-bond acceptors (Lipinski definition) is 3. The zero-order valence-electron chi connectivity index (χ0n) is 9.33. The molecule has 0 aliphatic heterocycles. The molecule has 0 unspecified atom stereocenters. The van der Waals surface area contributed by atoms with Crippen LogP contribution in [0.4, 0.5) is 11.5 Å². The number of nitrogen functional groups attached to an aromatic ring is 1. The molecule has 0 aliphatic carbocycles. The molecule has 0 amide bonds. The van der Waals surface area contributed by atoms with Crippen molar-refractivity contribution >= 4 is 22.3 Å². The number of rotatable bonds is 3. The Hall–Kier alpha value is -2.03. The van der Waals surface area contributed by atoms with Crippen molar-refractivity contribution in [2.45, 2.75) is 6.92 Å². The summed E-state index contributed by atoms with van der Waals surface area (Å²) < 4.78 is 0. The first-order valence-electron chi connectivity index (χ1n) is 5.22. The van der Waals surface area contributed by atoms with Crippen molar-refractivity contribution < 1.29 is 0 Å². The van der Waals surface area contributed by atoms with E-state index in [-0.39, 0.29) is 0 Å². The maximum absolute atomic E-state index is 5.95. The highest BCUT2D eigenvalue weighted by molar-refractivity contribution is 6.01. The highest BCUT2D eigenvalue weighted by Crippen LogP contribution is 2.28. The predicted octanol–water partition coefficient (Wildman–Crippen LogP) is 2.72. The Morgan fingerprint density at radius 3 is 3.00 bits per heavy atom. The Bertz CT molecular complexity index is 532. The number of nitrogens with one attached hydrogen (secondary N) is 1. The maximum atomic E-state index is 5.95. The fourth-order valence-electron chi connectivity index (χ4n) is 1.79. The lowest BCUT2D eigenvalue weighted by Crippen LogP contribution is -2.02. The van der Waals surface area contributed by atoms with Gasteiger partial charge >= 0.3 is 0 Å². The smallest absolute Gasteiger partial charge is 0.134 e. The van der Waals surface area contributed by atoms with Crippen molar-refractivity contribution in [2.24, 2.45) is 0 Å². The van der Waals surface area contributed by atoms with Crippen molar-refractivity contribution in [1.29, 1.82) is 0 Å². The Balaban J connectivity index is 2.65. The normalized spacial score (nSPS) is 10.3. The van der Waals surface area contributed by atoms with E-state index in [9.17, 15) is 0 Å². The van der Waals surface area contributed by atoms with E-state index in [4.69, 9.17) is 5.73 Å². The largest absolute Gasteiger partial charge is 0.398 e. The van der Waals surface area contributed by atoms with Gasteiger partial charge in [0.25, 0.3) is 0 Å². The minimum Gasteiger partial charge on any atom is -0.398 e. The van der Waals surface area contributed by atoms with E-state index in [0.29, 0.717) is 6.54 Å². The molecule has 0 saturated heterocycles. The molecule has 0 saturated carbocycles. The summed E-state index contributed by atoms with van der Waals surface area (Å²) in [4.78, 5) is 4.33. The molecule has 3 heteroatoms. The van der Waals surface area contributed by atoms with Crippen LogP contribution in [0.2, 0.25) is 0 Å². The molecular weight excluding hydrogens is 198 g/mol. The average molecular weight is 213 g/mol. The SMILES string of the molecule is C=CCNc1nccc2c(N)ccc(C)c12. The first-order chi connectivity index (χ1) is 7.74. The lowest BCUT2D eigenvalue weighted by molar-refractivity contribution is 1.25. The summed E-state index contributed by atoms with van der Waals surface area (Å²) in [5.74, 6) is 0.863. The fourth-order valence-corrected chi connectivity index (χ4v) is 1.79. The lowest BCUT2D eigenvalue weighted by atomic mass is 10.1. The van der Waals surface area contributed by atoms with Crippen LogP contribution in [0.1, 0.15) is 5.56 Å². The van der Waals surface area contributed by atoms with Gasteiger partial charge in [0.1, 0.15) is 5.82 Å². The van der Waals surface area contributed by atoms with Crippen LogP contribution in [-0.2, 0) is 0 Å². The van der Waals surface area contributed by atoms with E-state index in [1.54, 1.807) is 6.20 Å². The van der Waals surface area contributed by atoms with Gasteiger partial charge in [-0.25, -0.2) is 4.98 Å². The van der Waals surface area contributed by atoms with Crippen molar-refractivity contribution in [3.63, 3.8) is 0 Å². The number of nitrogens with zero attached hydrogens (tertiary/aromatic N) is 1. The average Bonchev–Trinajstić information content (AvgIpc) is 2.31. The molecule has 0 radical (unpaired) electrons. The van der Waals surface area contributed by atoms with Gasteiger partial charge in [-0.2, -0.15) is 0 Å². The van der Waals surface area contributed by atoms with Gasteiger partial charge in [-0.3, -0.25) is 0 Å². The molecule has 0 spiro atoms. The number of anilines is 2. The van der Waals surface area contributed by atoms with Gasteiger partial charge in [0, 0.05) is 29.2 Å². The predicted molar refractivity (Wildman–Crippen MR) is 69.6 cm³/mol. The Morgan fingerprint density at radius 2 is 2.25 bits per heavy atom. The molecule has 1 aromatic carbocycles. The molecule has 1 aromatic heterocycles. The molecule has 3 nitrogen and oxygen atoms in total. The first kappa shape index (κ1) is 10.5. The molecule has 2 aromatic rings. The molecule has 82 valence electrons. The van der Waals surface area contributed by atoms with Crippen molar-refractivity contribution in [2.75, 3.05) is 17.6 Å². The van der Waals surface area contributed by atoms with E-state index in [0.717, 1.165) is 22.3 Å². The highest BCUT2D eigenvalue weighted by Gasteiger charge is 2.06. The van der Waals surface area contributed by atoms with Gasteiger partial charge < -0.3 is 11.1 Å². The summed E-state index contributed by atoms with van der Waals surface area (Å²) >= 11 is 0. The summed E-state index contributed by atoms with van der Waals surface area (Å²) in [5.41, 5.74) is 7.90. The van der Waals surface area contributed by atoms with Crippen LogP contribution in [0.15, 0.2) is 37.1 Å². The molecule has 0 fully saturated rings. The molecule has 0 atom stereocenters. The van der Waals surface area contributed by atoms with Gasteiger partial charge in [0.2, 0.25) is 0 Å². The number of hydrogen-bond donors (Lipinski definition) is 2. The molecule has 0 aliphatic rings. The van der Waals surface area contributed by atoms with E-state index in [1.165, 1.54) is 5.56 Å². The number of nitrogens with two attached hydrogens (primary N) is 1. The van der Waals surface area contributed by atoms with Crippen LogP contribution in [0.25, 0.3) is 10.8 Å². The fraction of sp³-hybridized carbons (Fsp3) is 0.154. The van der Waals surface area contributed by atoms with Crippen LogP contribution in [0.5, 0.6) is 0 Å². The van der Waals surface area contributed by atoms with Gasteiger partial charge in [-0.15, -0.1) is 6.58 Å². The van der Waals surface area contributed by atoms with E-state index < -0.39 is 0 Å². The van der Waals surface area contributed by atoms with E-state index >= 15 is 0 Å². The topological polar surface area (TPSA) is 50.9 Å². The van der Waals surface area contributed by atoms with Crippen LogP contribution in [0.3, 0.4) is 0 Å². The number of benzene rings is 1. The summed E-state index contributed by atoms with van der Waals surface area (Å²) in [5, 5.41) is 5.35. The van der Waals surface area contributed by atoms with Gasteiger partial charge in [-0.05, 0) is 24.6 Å². The van der Waals surface area contributed by atoms with Crippen molar-refractivity contribution in [3.05, 3.63) is 42.6 Å². The quantitative estimate of drug-likeness (QED) is 0.609. The van der Waals surface area contributed by atoms with Gasteiger partial charge in [0.05, 0.1) is 0 Å². The minimum absolute atomic E-state index is 0.695. The zero-order valence-corrected chi connectivity index (χ0v) is 9.33. The van der Waals surface area contributed by atoms with E-state index in [2.05, 4.69) is 23.8 Å². The number of fused-ring (bicyclic) bond motifs is 1. The molecule has 16 heavy (non-hydrogen) atoms. The van der Waals surface area contributed by atoms with Crippen molar-refractivity contribution in [3.8, 4) is 0 Å². The van der Waals surface area contributed by atoms with Crippen LogP contribution < -0.4 is 11.1 Å². The second-order valence-electron chi connectivity index (χ2n) is 3.72. The maximum Gasteiger partial charge on any atom is 0.134 e. The van der Waals surface area contributed by atoms with Crippen LogP contribution in [-0.4, -0.2) is 11.5 Å². The summed E-state index contributed by atoms with van der Waals surface area (Å²) in [6.45, 7) is 6.43.